The fraction of sp³-hybridized carbons (Fsp3) is 0.417. The number of amides is 1. The van der Waals surface area contributed by atoms with Crippen molar-refractivity contribution in [3.8, 4) is 0 Å². The molecule has 1 fully saturated rings. The molecule has 0 aliphatic heterocycles. The Hall–Kier alpha value is -0.880. The van der Waals surface area contributed by atoms with E-state index in [9.17, 15) is 13.2 Å². The van der Waals surface area contributed by atoms with Crippen LogP contribution >= 0.6 is 15.9 Å². The molecule has 1 aromatic carbocycles. The van der Waals surface area contributed by atoms with Crippen molar-refractivity contribution in [1.29, 1.82) is 0 Å². The van der Waals surface area contributed by atoms with E-state index in [1.54, 1.807) is 6.07 Å². The molecule has 6 heteroatoms. The molecule has 1 aromatic rings. The van der Waals surface area contributed by atoms with E-state index in [0.717, 1.165) is 25.5 Å². The Morgan fingerprint density at radius 2 is 2.06 bits per heavy atom. The normalized spacial score (nSPS) is 16.1. The van der Waals surface area contributed by atoms with E-state index in [2.05, 4.69) is 21.2 Å². The molecule has 1 amide bonds. The summed E-state index contributed by atoms with van der Waals surface area (Å²) in [7, 11) is -3.27. The number of hydrogen-bond acceptors (Lipinski definition) is 3. The van der Waals surface area contributed by atoms with E-state index < -0.39 is 9.84 Å². The van der Waals surface area contributed by atoms with Gasteiger partial charge in [0, 0.05) is 22.3 Å². The first-order chi connectivity index (χ1) is 8.38. The Kier molecular flexibility index (Phi) is 3.77. The zero-order valence-electron chi connectivity index (χ0n) is 9.94. The highest BCUT2D eigenvalue weighted by atomic mass is 79.9. The van der Waals surface area contributed by atoms with Crippen LogP contribution in [0.25, 0.3) is 0 Å². The number of benzene rings is 1. The standard InChI is InChI=1S/C12H14BrNO3S/c1-18(16,17)11-6-5-8(7-10(11)13)12(15)14-9-3-2-4-9/h5-7,9H,2-4H2,1H3,(H,14,15). The van der Waals surface area contributed by atoms with E-state index in [0.29, 0.717) is 10.0 Å². The van der Waals surface area contributed by atoms with Crippen molar-refractivity contribution in [3.05, 3.63) is 28.2 Å². The first-order valence-electron chi connectivity index (χ1n) is 5.68. The largest absolute Gasteiger partial charge is 0.349 e. The number of nitrogens with one attached hydrogen (secondary N) is 1. The van der Waals surface area contributed by atoms with Gasteiger partial charge in [0.2, 0.25) is 0 Å². The summed E-state index contributed by atoms with van der Waals surface area (Å²) in [6.45, 7) is 0. The molecule has 2 rings (SSSR count). The molecule has 0 saturated heterocycles. The highest BCUT2D eigenvalue weighted by Gasteiger charge is 2.21. The molecule has 98 valence electrons. The van der Waals surface area contributed by atoms with Crippen LogP contribution in [0.2, 0.25) is 0 Å². The molecule has 1 saturated carbocycles. The number of carbonyl (C=O) groups excluding carboxylic acids is 1. The van der Waals surface area contributed by atoms with Gasteiger partial charge in [-0.05, 0) is 53.4 Å². The third-order valence-corrected chi connectivity index (χ3v) is 5.11. The van der Waals surface area contributed by atoms with Gasteiger partial charge in [0.25, 0.3) is 5.91 Å². The third-order valence-electron chi connectivity index (χ3n) is 3.03. The monoisotopic (exact) mass is 331 g/mol. The molecule has 4 nitrogen and oxygen atoms in total. The van der Waals surface area contributed by atoms with Gasteiger partial charge in [-0.3, -0.25) is 4.79 Å². The molecule has 0 aromatic heterocycles. The first-order valence-corrected chi connectivity index (χ1v) is 8.37. The zero-order chi connectivity index (χ0) is 13.3. The van der Waals surface area contributed by atoms with Crippen molar-refractivity contribution < 1.29 is 13.2 Å². The molecule has 0 radical (unpaired) electrons. The molecule has 0 atom stereocenters. The summed E-state index contributed by atoms with van der Waals surface area (Å²) in [6.07, 6.45) is 4.34. The number of rotatable bonds is 3. The molecular weight excluding hydrogens is 318 g/mol. The summed E-state index contributed by atoms with van der Waals surface area (Å²) < 4.78 is 23.3. The van der Waals surface area contributed by atoms with Gasteiger partial charge >= 0.3 is 0 Å². The average Bonchev–Trinajstić information content (AvgIpc) is 2.21. The first kappa shape index (κ1) is 13.5. The van der Waals surface area contributed by atoms with Crippen molar-refractivity contribution in [3.63, 3.8) is 0 Å². The number of hydrogen-bond donors (Lipinski definition) is 1. The minimum Gasteiger partial charge on any atom is -0.349 e. The fourth-order valence-electron chi connectivity index (χ4n) is 1.76. The number of halogens is 1. The highest BCUT2D eigenvalue weighted by molar-refractivity contribution is 9.10. The van der Waals surface area contributed by atoms with Crippen LogP contribution in [0.4, 0.5) is 0 Å². The minimum atomic E-state index is -3.27. The van der Waals surface area contributed by atoms with Crippen LogP contribution < -0.4 is 5.32 Å². The summed E-state index contributed by atoms with van der Waals surface area (Å²) in [5.74, 6) is -0.152. The van der Waals surface area contributed by atoms with Gasteiger partial charge in [0.05, 0.1) is 4.90 Å². The van der Waals surface area contributed by atoms with Crippen LogP contribution in [0.5, 0.6) is 0 Å². The second-order valence-electron chi connectivity index (χ2n) is 4.52. The summed E-state index contributed by atoms with van der Waals surface area (Å²) in [4.78, 5) is 12.1. The molecule has 0 unspecified atom stereocenters. The average molecular weight is 332 g/mol. The molecule has 1 aliphatic carbocycles. The van der Waals surface area contributed by atoms with Gasteiger partial charge in [-0.15, -0.1) is 0 Å². The van der Waals surface area contributed by atoms with E-state index in [1.165, 1.54) is 12.1 Å². The predicted molar refractivity (Wildman–Crippen MR) is 72.4 cm³/mol. The van der Waals surface area contributed by atoms with Crippen molar-refractivity contribution in [2.45, 2.75) is 30.2 Å². The van der Waals surface area contributed by atoms with E-state index >= 15 is 0 Å². The molecule has 0 bridgehead atoms. The van der Waals surface area contributed by atoms with Gasteiger partial charge in [-0.25, -0.2) is 8.42 Å². The summed E-state index contributed by atoms with van der Waals surface area (Å²) in [5.41, 5.74) is 0.473. The summed E-state index contributed by atoms with van der Waals surface area (Å²) in [6, 6.07) is 4.81. The second-order valence-corrected chi connectivity index (χ2v) is 7.36. The molecule has 0 spiro atoms. The molecule has 0 heterocycles. The van der Waals surface area contributed by atoms with Gasteiger partial charge < -0.3 is 5.32 Å². The lowest BCUT2D eigenvalue weighted by atomic mass is 9.93. The molecular formula is C12H14BrNO3S. The van der Waals surface area contributed by atoms with Crippen LogP contribution in [0, 0.1) is 0 Å². The van der Waals surface area contributed by atoms with Crippen molar-refractivity contribution in [2.75, 3.05) is 6.26 Å². The van der Waals surface area contributed by atoms with Gasteiger partial charge in [-0.1, -0.05) is 0 Å². The summed E-state index contributed by atoms with van der Waals surface area (Å²) in [5, 5.41) is 2.91. The maximum absolute atomic E-state index is 11.9. The number of sulfone groups is 1. The maximum atomic E-state index is 11.9. The van der Waals surface area contributed by atoms with Gasteiger partial charge in [0.1, 0.15) is 0 Å². The fourth-order valence-corrected chi connectivity index (χ4v) is 3.75. The smallest absolute Gasteiger partial charge is 0.251 e. The van der Waals surface area contributed by atoms with E-state index in [1.807, 2.05) is 0 Å². The summed E-state index contributed by atoms with van der Waals surface area (Å²) >= 11 is 3.19. The third kappa shape index (κ3) is 2.92. The maximum Gasteiger partial charge on any atom is 0.251 e. The lowest BCUT2D eigenvalue weighted by molar-refractivity contribution is 0.0917. The number of carbonyl (C=O) groups is 1. The van der Waals surface area contributed by atoms with Crippen LogP contribution in [0.1, 0.15) is 29.6 Å². The topological polar surface area (TPSA) is 63.2 Å². The van der Waals surface area contributed by atoms with E-state index in [4.69, 9.17) is 0 Å². The SMILES string of the molecule is CS(=O)(=O)c1ccc(C(=O)NC2CCC2)cc1Br. The van der Waals surface area contributed by atoms with E-state index in [-0.39, 0.29) is 16.8 Å². The van der Waals surface area contributed by atoms with Gasteiger partial charge in [0.15, 0.2) is 9.84 Å². The van der Waals surface area contributed by atoms with Crippen LogP contribution in [0.15, 0.2) is 27.6 Å². The molecule has 1 N–H and O–H groups in total. The predicted octanol–water partition coefficient (Wildman–Crippen LogP) is 2.13. The lowest BCUT2D eigenvalue weighted by Crippen LogP contribution is -2.39. The Bertz CT molecular complexity index is 579. The lowest BCUT2D eigenvalue weighted by Gasteiger charge is -2.26. The minimum absolute atomic E-state index is 0.152. The highest BCUT2D eigenvalue weighted by Crippen LogP contribution is 2.24. The van der Waals surface area contributed by atoms with Crippen molar-refractivity contribution in [1.82, 2.24) is 5.32 Å². The van der Waals surface area contributed by atoms with Crippen LogP contribution in [0.3, 0.4) is 0 Å². The Morgan fingerprint density at radius 1 is 1.39 bits per heavy atom. The Labute approximate surface area is 115 Å². The van der Waals surface area contributed by atoms with Crippen LogP contribution in [-0.2, 0) is 9.84 Å². The Balaban J connectivity index is 2.20. The molecule has 18 heavy (non-hydrogen) atoms. The quantitative estimate of drug-likeness (QED) is 0.922. The van der Waals surface area contributed by atoms with Crippen molar-refractivity contribution in [2.24, 2.45) is 0 Å². The Morgan fingerprint density at radius 3 is 2.50 bits per heavy atom. The van der Waals surface area contributed by atoms with Crippen LogP contribution in [-0.4, -0.2) is 26.6 Å². The van der Waals surface area contributed by atoms with Crippen molar-refractivity contribution >= 4 is 31.7 Å². The second kappa shape index (κ2) is 5.01. The zero-order valence-corrected chi connectivity index (χ0v) is 12.3. The van der Waals surface area contributed by atoms with Gasteiger partial charge in [-0.2, -0.15) is 0 Å². The molecule has 1 aliphatic rings.